The highest BCUT2D eigenvalue weighted by molar-refractivity contribution is 5.81. The second-order valence-electron chi connectivity index (χ2n) is 9.05. The molecule has 1 atom stereocenters. The van der Waals surface area contributed by atoms with Gasteiger partial charge in [-0.3, -0.25) is 4.79 Å². The molecular weight excluding hydrogens is 308 g/mol. The van der Waals surface area contributed by atoms with Crippen molar-refractivity contribution in [1.82, 2.24) is 0 Å². The average molecular weight is 336 g/mol. The molecule has 0 amide bonds. The maximum atomic E-state index is 10.9. The number of ether oxygens (including phenoxy) is 1. The van der Waals surface area contributed by atoms with Crippen LogP contribution in [0.1, 0.15) is 69.7 Å². The Labute approximate surface area is 151 Å². The third-order valence-electron chi connectivity index (χ3n) is 5.18. The van der Waals surface area contributed by atoms with Crippen molar-refractivity contribution in [1.29, 1.82) is 0 Å². The molecule has 0 aromatic heterocycles. The van der Waals surface area contributed by atoms with Crippen LogP contribution in [0.15, 0.2) is 36.4 Å². The number of fused-ring (bicyclic) bond motifs is 3. The SMILES string of the molecule is CC(C)(C)c1ccc2c(c1)C(COC=O)c1c-2cccc1C(C)(C)C. The molecule has 0 radical (unpaired) electrons. The molecule has 2 aromatic carbocycles. The molecule has 0 saturated heterocycles. The first-order chi connectivity index (χ1) is 11.6. The second-order valence-corrected chi connectivity index (χ2v) is 9.05. The monoisotopic (exact) mass is 336 g/mol. The van der Waals surface area contributed by atoms with E-state index in [0.717, 1.165) is 0 Å². The van der Waals surface area contributed by atoms with Gasteiger partial charge in [0.25, 0.3) is 6.47 Å². The van der Waals surface area contributed by atoms with Gasteiger partial charge in [0.2, 0.25) is 0 Å². The first-order valence-corrected chi connectivity index (χ1v) is 8.98. The predicted octanol–water partition coefficient (Wildman–Crippen LogP) is 5.57. The highest BCUT2D eigenvalue weighted by atomic mass is 16.5. The summed E-state index contributed by atoms with van der Waals surface area (Å²) in [4.78, 5) is 10.9. The summed E-state index contributed by atoms with van der Waals surface area (Å²) in [5.74, 6) is 0.105. The Morgan fingerprint density at radius 2 is 1.68 bits per heavy atom. The highest BCUT2D eigenvalue weighted by Gasteiger charge is 2.34. The molecule has 0 spiro atoms. The van der Waals surface area contributed by atoms with Crippen molar-refractivity contribution in [2.24, 2.45) is 0 Å². The Balaban J connectivity index is 2.23. The summed E-state index contributed by atoms with van der Waals surface area (Å²) < 4.78 is 5.24. The summed E-state index contributed by atoms with van der Waals surface area (Å²) in [5.41, 5.74) is 7.92. The van der Waals surface area contributed by atoms with Crippen molar-refractivity contribution in [3.63, 3.8) is 0 Å². The fourth-order valence-electron chi connectivity index (χ4n) is 3.86. The first-order valence-electron chi connectivity index (χ1n) is 8.98. The molecule has 0 fully saturated rings. The van der Waals surface area contributed by atoms with E-state index in [1.807, 2.05) is 0 Å². The van der Waals surface area contributed by atoms with Gasteiger partial charge in [-0.1, -0.05) is 77.9 Å². The number of benzene rings is 2. The molecule has 0 bridgehead atoms. The fraction of sp³-hybridized carbons (Fsp3) is 0.435. The van der Waals surface area contributed by atoms with Crippen LogP contribution < -0.4 is 0 Å². The third kappa shape index (κ3) is 3.10. The summed E-state index contributed by atoms with van der Waals surface area (Å²) in [6.45, 7) is 14.4. The average Bonchev–Trinajstić information content (AvgIpc) is 2.84. The molecule has 0 heterocycles. The number of rotatable bonds is 3. The molecule has 1 unspecified atom stereocenters. The maximum absolute atomic E-state index is 10.9. The van der Waals surface area contributed by atoms with Gasteiger partial charge in [-0.05, 0) is 44.2 Å². The molecule has 0 N–H and O–H groups in total. The molecule has 0 aliphatic heterocycles. The standard InChI is InChI=1S/C23H28O2/c1-22(2,3)15-10-11-16-17-8-7-9-20(23(4,5)6)21(17)19(13-25-14-24)18(16)12-15/h7-12,14,19H,13H2,1-6H3. The Morgan fingerprint density at radius 3 is 2.28 bits per heavy atom. The minimum absolute atomic E-state index is 0.0413. The van der Waals surface area contributed by atoms with Crippen LogP contribution in [-0.2, 0) is 20.4 Å². The van der Waals surface area contributed by atoms with Gasteiger partial charge in [0, 0.05) is 5.92 Å². The van der Waals surface area contributed by atoms with E-state index in [0.29, 0.717) is 13.1 Å². The minimum Gasteiger partial charge on any atom is -0.467 e. The molecule has 1 aliphatic carbocycles. The van der Waals surface area contributed by atoms with Crippen LogP contribution in [0, 0.1) is 0 Å². The number of hydrogen-bond acceptors (Lipinski definition) is 2. The van der Waals surface area contributed by atoms with Gasteiger partial charge in [-0.15, -0.1) is 0 Å². The normalized spacial score (nSPS) is 16.3. The number of hydrogen-bond donors (Lipinski definition) is 0. The van der Waals surface area contributed by atoms with E-state index in [-0.39, 0.29) is 16.7 Å². The van der Waals surface area contributed by atoms with Crippen LogP contribution in [0.25, 0.3) is 11.1 Å². The van der Waals surface area contributed by atoms with Gasteiger partial charge in [0.1, 0.15) is 6.61 Å². The zero-order valence-corrected chi connectivity index (χ0v) is 16.1. The molecule has 0 saturated carbocycles. The predicted molar refractivity (Wildman–Crippen MR) is 103 cm³/mol. The van der Waals surface area contributed by atoms with Crippen LogP contribution in [-0.4, -0.2) is 13.1 Å². The quantitative estimate of drug-likeness (QED) is 0.685. The van der Waals surface area contributed by atoms with Crippen LogP contribution in [0.5, 0.6) is 0 Å². The van der Waals surface area contributed by atoms with E-state index < -0.39 is 0 Å². The summed E-state index contributed by atoms with van der Waals surface area (Å²) >= 11 is 0. The molecule has 2 aromatic rings. The number of carbonyl (C=O) groups excluding carboxylic acids is 1. The Bertz CT molecular complexity index is 804. The van der Waals surface area contributed by atoms with E-state index in [1.165, 1.54) is 33.4 Å². The van der Waals surface area contributed by atoms with Gasteiger partial charge >= 0.3 is 0 Å². The van der Waals surface area contributed by atoms with Gasteiger partial charge in [-0.2, -0.15) is 0 Å². The summed E-state index contributed by atoms with van der Waals surface area (Å²) in [5, 5.41) is 0. The van der Waals surface area contributed by atoms with Gasteiger partial charge in [0.05, 0.1) is 0 Å². The lowest BCUT2D eigenvalue weighted by atomic mass is 9.79. The van der Waals surface area contributed by atoms with Crippen LogP contribution in [0.2, 0.25) is 0 Å². The van der Waals surface area contributed by atoms with Crippen LogP contribution in [0.4, 0.5) is 0 Å². The lowest BCUT2D eigenvalue weighted by Gasteiger charge is -2.26. The van der Waals surface area contributed by atoms with E-state index >= 15 is 0 Å². The number of carbonyl (C=O) groups is 1. The summed E-state index contributed by atoms with van der Waals surface area (Å²) in [7, 11) is 0. The Kier molecular flexibility index (Phi) is 4.26. The minimum atomic E-state index is 0.0413. The van der Waals surface area contributed by atoms with Gasteiger partial charge < -0.3 is 4.74 Å². The second kappa shape index (κ2) is 6.01. The van der Waals surface area contributed by atoms with Gasteiger partial charge in [0.15, 0.2) is 0 Å². The first kappa shape index (κ1) is 17.7. The molecule has 3 rings (SSSR count). The molecule has 25 heavy (non-hydrogen) atoms. The van der Waals surface area contributed by atoms with Crippen molar-refractivity contribution in [3.8, 4) is 11.1 Å². The zero-order valence-electron chi connectivity index (χ0n) is 16.1. The summed E-state index contributed by atoms with van der Waals surface area (Å²) in [6.07, 6.45) is 0. The van der Waals surface area contributed by atoms with Crippen molar-refractivity contribution >= 4 is 6.47 Å². The lowest BCUT2D eigenvalue weighted by molar-refractivity contribution is -0.128. The molecule has 1 aliphatic rings. The van der Waals surface area contributed by atoms with E-state index in [1.54, 1.807) is 0 Å². The van der Waals surface area contributed by atoms with E-state index in [9.17, 15) is 4.79 Å². The van der Waals surface area contributed by atoms with E-state index in [4.69, 9.17) is 4.74 Å². The molecular formula is C23H28O2. The van der Waals surface area contributed by atoms with Crippen LogP contribution >= 0.6 is 0 Å². The molecule has 132 valence electrons. The van der Waals surface area contributed by atoms with Crippen molar-refractivity contribution in [2.45, 2.75) is 58.3 Å². The van der Waals surface area contributed by atoms with Gasteiger partial charge in [-0.25, -0.2) is 0 Å². The highest BCUT2D eigenvalue weighted by Crippen LogP contribution is 2.49. The fourth-order valence-corrected chi connectivity index (χ4v) is 3.86. The maximum Gasteiger partial charge on any atom is 0.293 e. The molecule has 2 heteroatoms. The van der Waals surface area contributed by atoms with E-state index in [2.05, 4.69) is 77.9 Å². The van der Waals surface area contributed by atoms with Crippen LogP contribution in [0.3, 0.4) is 0 Å². The lowest BCUT2D eigenvalue weighted by Crippen LogP contribution is -2.18. The van der Waals surface area contributed by atoms with Crippen molar-refractivity contribution in [2.75, 3.05) is 6.61 Å². The Hall–Kier alpha value is -2.09. The van der Waals surface area contributed by atoms with Crippen molar-refractivity contribution < 1.29 is 9.53 Å². The summed E-state index contributed by atoms with van der Waals surface area (Å²) in [6, 6.07) is 13.3. The smallest absolute Gasteiger partial charge is 0.293 e. The topological polar surface area (TPSA) is 26.3 Å². The van der Waals surface area contributed by atoms with Crippen molar-refractivity contribution in [3.05, 3.63) is 58.7 Å². The Morgan fingerprint density at radius 1 is 0.960 bits per heavy atom. The third-order valence-corrected chi connectivity index (χ3v) is 5.18. The molecule has 2 nitrogen and oxygen atoms in total. The largest absolute Gasteiger partial charge is 0.467 e. The zero-order chi connectivity index (χ0) is 18.4.